The highest BCUT2D eigenvalue weighted by molar-refractivity contribution is 9.10. The number of nitrogens with one attached hydrogen (secondary N) is 1. The van der Waals surface area contributed by atoms with Gasteiger partial charge in [-0.05, 0) is 35.5 Å². The summed E-state index contributed by atoms with van der Waals surface area (Å²) in [6, 6.07) is 18.9. The standard InChI is InChI=1S/C20H19BrN2OS/c21-16-8-4-7-15(11-16)19-17-13-24-10-9-18(17)23(20(25)22-19)12-14-5-2-1-3-6-14/h1-8,11,19H,9-10,12-13H2,(H,22,25)/t19-/m1/s1. The van der Waals surface area contributed by atoms with Gasteiger partial charge in [-0.2, -0.15) is 0 Å². The molecule has 1 N–H and O–H groups in total. The van der Waals surface area contributed by atoms with Gasteiger partial charge in [0.15, 0.2) is 5.11 Å². The third-order valence-corrected chi connectivity index (χ3v) is 5.50. The van der Waals surface area contributed by atoms with Gasteiger partial charge < -0.3 is 15.0 Å². The summed E-state index contributed by atoms with van der Waals surface area (Å²) in [6.07, 6.45) is 0.897. The Labute approximate surface area is 161 Å². The number of ether oxygens (including phenoxy) is 1. The van der Waals surface area contributed by atoms with Gasteiger partial charge in [0.25, 0.3) is 0 Å². The fourth-order valence-corrected chi connectivity index (χ4v) is 4.18. The van der Waals surface area contributed by atoms with E-state index in [1.807, 2.05) is 12.1 Å². The minimum absolute atomic E-state index is 0.0762. The first-order valence-electron chi connectivity index (χ1n) is 8.39. The summed E-state index contributed by atoms with van der Waals surface area (Å²) in [7, 11) is 0. The van der Waals surface area contributed by atoms with Crippen LogP contribution in [0.1, 0.15) is 23.6 Å². The fourth-order valence-electron chi connectivity index (χ4n) is 3.47. The van der Waals surface area contributed by atoms with Crippen molar-refractivity contribution in [2.75, 3.05) is 13.2 Å². The zero-order valence-electron chi connectivity index (χ0n) is 13.7. The molecule has 4 rings (SSSR count). The third kappa shape index (κ3) is 3.50. The maximum Gasteiger partial charge on any atom is 0.174 e. The van der Waals surface area contributed by atoms with Crippen LogP contribution in [-0.2, 0) is 11.3 Å². The zero-order chi connectivity index (χ0) is 17.2. The Morgan fingerprint density at radius 3 is 2.80 bits per heavy atom. The van der Waals surface area contributed by atoms with Crippen molar-refractivity contribution in [2.24, 2.45) is 0 Å². The molecule has 0 radical (unpaired) electrons. The van der Waals surface area contributed by atoms with Gasteiger partial charge in [0.2, 0.25) is 0 Å². The molecule has 25 heavy (non-hydrogen) atoms. The van der Waals surface area contributed by atoms with Crippen LogP contribution in [0.3, 0.4) is 0 Å². The lowest BCUT2D eigenvalue weighted by Gasteiger charge is -2.41. The van der Waals surface area contributed by atoms with Gasteiger partial charge >= 0.3 is 0 Å². The Hall–Kier alpha value is -1.69. The second kappa shape index (κ2) is 7.28. The van der Waals surface area contributed by atoms with E-state index in [1.54, 1.807) is 0 Å². The smallest absolute Gasteiger partial charge is 0.174 e. The summed E-state index contributed by atoms with van der Waals surface area (Å²) in [5.41, 5.74) is 5.05. The van der Waals surface area contributed by atoms with Gasteiger partial charge in [-0.3, -0.25) is 0 Å². The minimum Gasteiger partial charge on any atom is -0.377 e. The van der Waals surface area contributed by atoms with Crippen LogP contribution in [0.2, 0.25) is 0 Å². The van der Waals surface area contributed by atoms with E-state index in [-0.39, 0.29) is 6.04 Å². The Bertz CT molecular complexity index is 821. The molecular weight excluding hydrogens is 396 g/mol. The molecule has 1 atom stereocenters. The number of nitrogens with zero attached hydrogens (tertiary/aromatic N) is 1. The fraction of sp³-hybridized carbons (Fsp3) is 0.250. The van der Waals surface area contributed by atoms with E-state index in [1.165, 1.54) is 22.4 Å². The van der Waals surface area contributed by atoms with E-state index in [0.717, 1.165) is 29.2 Å². The molecule has 5 heteroatoms. The molecule has 128 valence electrons. The first-order chi connectivity index (χ1) is 12.2. The van der Waals surface area contributed by atoms with Crippen molar-refractivity contribution < 1.29 is 4.74 Å². The maximum atomic E-state index is 5.78. The quantitative estimate of drug-likeness (QED) is 0.744. The van der Waals surface area contributed by atoms with Gasteiger partial charge in [-0.15, -0.1) is 0 Å². The van der Waals surface area contributed by atoms with E-state index in [9.17, 15) is 0 Å². The predicted molar refractivity (Wildman–Crippen MR) is 107 cm³/mol. The lowest BCUT2D eigenvalue weighted by atomic mass is 9.93. The summed E-state index contributed by atoms with van der Waals surface area (Å²) in [6.45, 7) is 2.18. The first kappa shape index (κ1) is 16.8. The van der Waals surface area contributed by atoms with Gasteiger partial charge in [-0.1, -0.05) is 58.4 Å². The Kier molecular flexibility index (Phi) is 4.88. The zero-order valence-corrected chi connectivity index (χ0v) is 16.1. The molecular formula is C20H19BrN2OS. The lowest BCUT2D eigenvalue weighted by molar-refractivity contribution is 0.128. The van der Waals surface area contributed by atoms with Crippen LogP contribution < -0.4 is 5.32 Å². The molecule has 2 aliphatic heterocycles. The minimum atomic E-state index is 0.0762. The highest BCUT2D eigenvalue weighted by Crippen LogP contribution is 2.35. The van der Waals surface area contributed by atoms with E-state index in [4.69, 9.17) is 17.0 Å². The number of halogens is 1. The number of rotatable bonds is 3. The van der Waals surface area contributed by atoms with E-state index in [2.05, 4.69) is 68.6 Å². The number of hydrogen-bond acceptors (Lipinski definition) is 2. The molecule has 0 unspecified atom stereocenters. The topological polar surface area (TPSA) is 24.5 Å². The molecule has 0 spiro atoms. The highest BCUT2D eigenvalue weighted by Gasteiger charge is 2.33. The van der Waals surface area contributed by atoms with Crippen molar-refractivity contribution in [1.82, 2.24) is 10.2 Å². The monoisotopic (exact) mass is 414 g/mol. The maximum absolute atomic E-state index is 5.78. The van der Waals surface area contributed by atoms with Crippen molar-refractivity contribution in [3.05, 3.63) is 81.5 Å². The molecule has 0 fully saturated rings. The predicted octanol–water partition coefficient (Wildman–Crippen LogP) is 4.55. The summed E-state index contributed by atoms with van der Waals surface area (Å²) < 4.78 is 6.85. The summed E-state index contributed by atoms with van der Waals surface area (Å²) in [5, 5.41) is 4.31. The van der Waals surface area contributed by atoms with Crippen LogP contribution in [0, 0.1) is 0 Å². The van der Waals surface area contributed by atoms with Gasteiger partial charge in [0, 0.05) is 28.7 Å². The van der Waals surface area contributed by atoms with Crippen molar-refractivity contribution in [3.8, 4) is 0 Å². The average Bonchev–Trinajstić information content (AvgIpc) is 2.64. The van der Waals surface area contributed by atoms with Crippen LogP contribution in [0.15, 0.2) is 70.3 Å². The second-order valence-corrected chi connectivity index (χ2v) is 7.59. The van der Waals surface area contributed by atoms with Crippen LogP contribution in [0.25, 0.3) is 0 Å². The molecule has 2 aromatic carbocycles. The summed E-state index contributed by atoms with van der Waals surface area (Å²) in [4.78, 5) is 2.23. The molecule has 0 amide bonds. The summed E-state index contributed by atoms with van der Waals surface area (Å²) >= 11 is 9.30. The Morgan fingerprint density at radius 2 is 2.00 bits per heavy atom. The van der Waals surface area contributed by atoms with Crippen molar-refractivity contribution in [2.45, 2.75) is 19.0 Å². The summed E-state index contributed by atoms with van der Waals surface area (Å²) in [5.74, 6) is 0. The first-order valence-corrected chi connectivity index (χ1v) is 9.59. The van der Waals surface area contributed by atoms with E-state index < -0.39 is 0 Å². The molecule has 0 saturated heterocycles. The lowest BCUT2D eigenvalue weighted by Crippen LogP contribution is -2.48. The van der Waals surface area contributed by atoms with Gasteiger partial charge in [-0.25, -0.2) is 0 Å². The van der Waals surface area contributed by atoms with Crippen LogP contribution in [0.5, 0.6) is 0 Å². The van der Waals surface area contributed by atoms with Crippen molar-refractivity contribution >= 4 is 33.3 Å². The molecule has 3 nitrogen and oxygen atoms in total. The van der Waals surface area contributed by atoms with Gasteiger partial charge in [0.05, 0.1) is 19.3 Å². The van der Waals surface area contributed by atoms with E-state index >= 15 is 0 Å². The molecule has 2 aliphatic rings. The third-order valence-electron chi connectivity index (χ3n) is 4.66. The van der Waals surface area contributed by atoms with Crippen LogP contribution in [0.4, 0.5) is 0 Å². The molecule has 0 aliphatic carbocycles. The number of benzene rings is 2. The molecule has 2 heterocycles. The Balaban J connectivity index is 1.71. The molecule has 2 aromatic rings. The Morgan fingerprint density at radius 1 is 1.16 bits per heavy atom. The molecule has 0 bridgehead atoms. The SMILES string of the molecule is S=C1N[C@H](c2cccc(Br)c2)C2=C(CCOC2)N1Cc1ccccc1. The van der Waals surface area contributed by atoms with Crippen molar-refractivity contribution in [3.63, 3.8) is 0 Å². The second-order valence-electron chi connectivity index (χ2n) is 6.28. The van der Waals surface area contributed by atoms with Crippen LogP contribution in [-0.4, -0.2) is 23.2 Å². The largest absolute Gasteiger partial charge is 0.377 e. The van der Waals surface area contributed by atoms with Crippen molar-refractivity contribution in [1.29, 1.82) is 0 Å². The van der Waals surface area contributed by atoms with Crippen LogP contribution >= 0.6 is 28.1 Å². The molecule has 0 saturated carbocycles. The number of hydrogen-bond donors (Lipinski definition) is 1. The average molecular weight is 415 g/mol. The molecule has 0 aromatic heterocycles. The highest BCUT2D eigenvalue weighted by atomic mass is 79.9. The normalized spacial score (nSPS) is 20.3. The number of thiocarbonyl (C=S) groups is 1. The van der Waals surface area contributed by atoms with E-state index in [0.29, 0.717) is 6.61 Å². The van der Waals surface area contributed by atoms with Gasteiger partial charge in [0.1, 0.15) is 0 Å².